The molecule has 1 N–H and O–H groups in total. The molecule has 0 aliphatic carbocycles. The zero-order chi connectivity index (χ0) is 13.8. The Kier molecular flexibility index (Phi) is 2.63. The molecule has 3 heterocycles. The van der Waals surface area contributed by atoms with Crippen molar-refractivity contribution in [1.29, 1.82) is 0 Å². The average Bonchev–Trinajstić information content (AvgIpc) is 2.75. The van der Waals surface area contributed by atoms with Crippen molar-refractivity contribution in [2.45, 2.75) is 51.1 Å². The Labute approximate surface area is 108 Å². The van der Waals surface area contributed by atoms with Crippen LogP contribution < -0.4 is 11.2 Å². The zero-order valence-electron chi connectivity index (χ0n) is 10.8. The molecule has 2 aliphatic heterocycles. The third-order valence-electron chi connectivity index (χ3n) is 3.24. The van der Waals surface area contributed by atoms with Crippen molar-refractivity contribution in [1.82, 2.24) is 14.8 Å². The first-order valence-electron chi connectivity index (χ1n) is 6.07. The van der Waals surface area contributed by atoms with Crippen molar-refractivity contribution in [3.8, 4) is 0 Å². The number of aromatic amines is 1. The van der Waals surface area contributed by atoms with Crippen molar-refractivity contribution in [3.63, 3.8) is 0 Å². The lowest BCUT2D eigenvalue weighted by molar-refractivity contribution is -0.196. The van der Waals surface area contributed by atoms with Gasteiger partial charge in [-0.3, -0.25) is 9.78 Å². The van der Waals surface area contributed by atoms with E-state index in [0.29, 0.717) is 0 Å². The van der Waals surface area contributed by atoms with Gasteiger partial charge < -0.3 is 14.2 Å². The molecule has 0 unspecified atom stereocenters. The Bertz CT molecular complexity index is 607. The Morgan fingerprint density at radius 2 is 2.00 bits per heavy atom. The number of hydrogen-bond donors (Lipinski definition) is 1. The van der Waals surface area contributed by atoms with Gasteiger partial charge in [-0.15, -0.1) is 0 Å². The number of fused-ring (bicyclic) bond motifs is 1. The van der Waals surface area contributed by atoms with Gasteiger partial charge in [0.1, 0.15) is 18.4 Å². The minimum atomic E-state index is -0.725. The SMILES string of the molecule is C[C@H]1O[C@@H](n2ncc(=O)[nH]c2=O)[C@@H]2OC(C)(C)O[C@@H]21. The van der Waals surface area contributed by atoms with Crippen LogP contribution in [0.4, 0.5) is 0 Å². The first-order chi connectivity index (χ1) is 8.87. The van der Waals surface area contributed by atoms with Crippen LogP contribution >= 0.6 is 0 Å². The van der Waals surface area contributed by atoms with Gasteiger partial charge in [0.2, 0.25) is 0 Å². The maximum absolute atomic E-state index is 11.8. The van der Waals surface area contributed by atoms with E-state index in [1.54, 1.807) is 13.8 Å². The lowest BCUT2D eigenvalue weighted by Gasteiger charge is -2.23. The van der Waals surface area contributed by atoms with Crippen LogP contribution in [0.3, 0.4) is 0 Å². The van der Waals surface area contributed by atoms with Crippen molar-refractivity contribution in [2.75, 3.05) is 0 Å². The maximum atomic E-state index is 11.8. The molecule has 1 aromatic heterocycles. The molecule has 0 bridgehead atoms. The summed E-state index contributed by atoms with van der Waals surface area (Å²) in [5.41, 5.74) is -1.17. The zero-order valence-corrected chi connectivity index (χ0v) is 10.8. The summed E-state index contributed by atoms with van der Waals surface area (Å²) in [5.74, 6) is -0.725. The topological polar surface area (TPSA) is 95.4 Å². The van der Waals surface area contributed by atoms with E-state index in [4.69, 9.17) is 14.2 Å². The molecule has 8 nitrogen and oxygen atoms in total. The van der Waals surface area contributed by atoms with E-state index >= 15 is 0 Å². The summed E-state index contributed by atoms with van der Waals surface area (Å²) in [4.78, 5) is 24.9. The number of hydrogen-bond acceptors (Lipinski definition) is 6. The van der Waals surface area contributed by atoms with Crippen LogP contribution in [0, 0.1) is 0 Å². The smallest absolute Gasteiger partial charge is 0.347 e. The molecule has 2 fully saturated rings. The van der Waals surface area contributed by atoms with Crippen LogP contribution in [0.15, 0.2) is 15.8 Å². The van der Waals surface area contributed by atoms with Crippen LogP contribution in [0.2, 0.25) is 0 Å². The summed E-state index contributed by atoms with van der Waals surface area (Å²) >= 11 is 0. The average molecular weight is 269 g/mol. The summed E-state index contributed by atoms with van der Waals surface area (Å²) < 4.78 is 18.2. The third kappa shape index (κ3) is 2.01. The molecule has 0 aromatic carbocycles. The molecular formula is C11H15N3O5. The lowest BCUT2D eigenvalue weighted by atomic mass is 10.1. The van der Waals surface area contributed by atoms with Gasteiger partial charge in [0.15, 0.2) is 12.0 Å². The normalized spacial score (nSPS) is 36.4. The number of nitrogens with one attached hydrogen (secondary N) is 1. The maximum Gasteiger partial charge on any atom is 0.347 e. The van der Waals surface area contributed by atoms with Crippen LogP contribution in [0.25, 0.3) is 0 Å². The molecular weight excluding hydrogens is 254 g/mol. The Balaban J connectivity index is 1.98. The van der Waals surface area contributed by atoms with Crippen LogP contribution in [-0.2, 0) is 14.2 Å². The first kappa shape index (κ1) is 12.5. The first-order valence-corrected chi connectivity index (χ1v) is 6.07. The van der Waals surface area contributed by atoms with Crippen LogP contribution in [0.5, 0.6) is 0 Å². The molecule has 0 spiro atoms. The van der Waals surface area contributed by atoms with Crippen LogP contribution in [0.1, 0.15) is 27.0 Å². The minimum Gasteiger partial charge on any atom is -0.348 e. The van der Waals surface area contributed by atoms with Crippen molar-refractivity contribution < 1.29 is 14.2 Å². The second kappa shape index (κ2) is 3.99. The quantitative estimate of drug-likeness (QED) is 0.729. The van der Waals surface area contributed by atoms with Gasteiger partial charge in [-0.2, -0.15) is 9.78 Å². The molecule has 0 amide bonds. The fourth-order valence-corrected chi connectivity index (χ4v) is 2.52. The van der Waals surface area contributed by atoms with Crippen molar-refractivity contribution in [2.24, 2.45) is 0 Å². The number of nitrogens with zero attached hydrogens (tertiary/aromatic N) is 2. The molecule has 0 saturated carbocycles. The molecule has 104 valence electrons. The Hall–Kier alpha value is -1.51. The van der Waals surface area contributed by atoms with E-state index in [2.05, 4.69) is 10.1 Å². The third-order valence-corrected chi connectivity index (χ3v) is 3.24. The number of H-pyrrole nitrogens is 1. The van der Waals surface area contributed by atoms with E-state index < -0.39 is 29.4 Å². The fourth-order valence-electron chi connectivity index (χ4n) is 2.52. The predicted octanol–water partition coefficient (Wildman–Crippen LogP) is -0.631. The number of ether oxygens (including phenoxy) is 3. The molecule has 3 rings (SSSR count). The molecule has 4 atom stereocenters. The predicted molar refractivity (Wildman–Crippen MR) is 62.5 cm³/mol. The van der Waals surface area contributed by atoms with E-state index in [9.17, 15) is 9.59 Å². The number of rotatable bonds is 1. The minimum absolute atomic E-state index is 0.225. The van der Waals surface area contributed by atoms with E-state index in [0.717, 1.165) is 10.9 Å². The molecule has 2 saturated heterocycles. The molecule has 19 heavy (non-hydrogen) atoms. The van der Waals surface area contributed by atoms with Crippen LogP contribution in [-0.4, -0.2) is 38.9 Å². The molecule has 0 radical (unpaired) electrons. The van der Waals surface area contributed by atoms with Gasteiger partial charge >= 0.3 is 5.69 Å². The summed E-state index contributed by atoms with van der Waals surface area (Å²) in [6, 6.07) is 0. The second-order valence-corrected chi connectivity index (χ2v) is 5.18. The summed E-state index contributed by atoms with van der Waals surface area (Å²) in [6.45, 7) is 5.45. The van der Waals surface area contributed by atoms with E-state index in [-0.39, 0.29) is 12.2 Å². The van der Waals surface area contributed by atoms with Gasteiger partial charge in [0.05, 0.1) is 6.10 Å². The molecule has 2 aliphatic rings. The monoisotopic (exact) mass is 269 g/mol. The van der Waals surface area contributed by atoms with Crippen molar-refractivity contribution >= 4 is 0 Å². The second-order valence-electron chi connectivity index (χ2n) is 5.18. The lowest BCUT2D eigenvalue weighted by Crippen LogP contribution is -2.39. The van der Waals surface area contributed by atoms with Gasteiger partial charge in [0, 0.05) is 0 Å². The highest BCUT2D eigenvalue weighted by molar-refractivity contribution is 4.94. The summed E-state index contributed by atoms with van der Waals surface area (Å²) in [6.07, 6.45) is -0.589. The standard InChI is InChI=1S/C11H15N3O5/c1-5-7-8(19-11(2,3)18-7)9(17-5)14-10(16)13-6(15)4-12-14/h4-5,7-9H,1-3H3,(H,13,15,16)/t5-,7-,8-,9-/m1/s1. The Morgan fingerprint density at radius 1 is 1.32 bits per heavy atom. The summed E-state index contributed by atoms with van der Waals surface area (Å²) in [5, 5.41) is 3.80. The fraction of sp³-hybridized carbons (Fsp3) is 0.727. The highest BCUT2D eigenvalue weighted by Gasteiger charge is 2.55. The van der Waals surface area contributed by atoms with E-state index in [1.807, 2.05) is 6.92 Å². The number of aromatic nitrogens is 3. The summed E-state index contributed by atoms with van der Waals surface area (Å²) in [7, 11) is 0. The molecule has 8 heteroatoms. The van der Waals surface area contributed by atoms with Gasteiger partial charge in [-0.1, -0.05) is 0 Å². The highest BCUT2D eigenvalue weighted by atomic mass is 16.8. The van der Waals surface area contributed by atoms with E-state index in [1.165, 1.54) is 0 Å². The van der Waals surface area contributed by atoms with Gasteiger partial charge in [0.25, 0.3) is 5.56 Å². The highest BCUT2D eigenvalue weighted by Crippen LogP contribution is 2.41. The van der Waals surface area contributed by atoms with Crippen molar-refractivity contribution in [3.05, 3.63) is 27.0 Å². The molecule has 1 aromatic rings. The Morgan fingerprint density at radius 3 is 2.68 bits per heavy atom. The largest absolute Gasteiger partial charge is 0.348 e. The van der Waals surface area contributed by atoms with Gasteiger partial charge in [-0.05, 0) is 20.8 Å². The van der Waals surface area contributed by atoms with Gasteiger partial charge in [-0.25, -0.2) is 4.79 Å².